The maximum Gasteiger partial charge on any atom is 0.212 e. The zero-order valence-electron chi connectivity index (χ0n) is 13.8. The van der Waals surface area contributed by atoms with Crippen LogP contribution in [0, 0.1) is 11.6 Å². The Morgan fingerprint density at radius 1 is 1.31 bits per heavy atom. The summed E-state index contributed by atoms with van der Waals surface area (Å²) in [6.07, 6.45) is 3.16. The lowest BCUT2D eigenvalue weighted by Crippen LogP contribution is -2.28. The summed E-state index contributed by atoms with van der Waals surface area (Å²) in [7, 11) is -3.80. The van der Waals surface area contributed by atoms with Gasteiger partial charge in [0.1, 0.15) is 17.3 Å². The molecule has 0 spiro atoms. The Morgan fingerprint density at radius 2 is 2.04 bits per heavy atom. The van der Waals surface area contributed by atoms with Crippen LogP contribution in [-0.4, -0.2) is 23.6 Å². The first-order valence-electron chi connectivity index (χ1n) is 7.75. The Hall–Kier alpha value is -1.84. The molecule has 0 aliphatic heterocycles. The number of hydrogen-bond donors (Lipinski definition) is 2. The Kier molecular flexibility index (Phi) is 5.14. The third kappa shape index (κ3) is 3.79. The van der Waals surface area contributed by atoms with Gasteiger partial charge < -0.3 is 4.98 Å². The predicted octanol–water partition coefficient (Wildman–Crippen LogP) is 3.41. The predicted molar refractivity (Wildman–Crippen MR) is 99.2 cm³/mol. The number of halogens is 3. The lowest BCUT2D eigenvalue weighted by atomic mass is 9.99. The quantitative estimate of drug-likeness (QED) is 0.632. The third-order valence-corrected chi connectivity index (χ3v) is 6.01. The topological polar surface area (TPSA) is 88.8 Å². The summed E-state index contributed by atoms with van der Waals surface area (Å²) in [5, 5.41) is 4.87. The van der Waals surface area contributed by atoms with Crippen LogP contribution in [0.15, 0.2) is 35.1 Å². The molecule has 1 atom stereocenters. The van der Waals surface area contributed by atoms with Gasteiger partial charge >= 0.3 is 0 Å². The molecule has 2 aromatic heterocycles. The first-order valence-corrected chi connectivity index (χ1v) is 10.2. The number of H-pyrrole nitrogens is 1. The number of nitrogens with two attached hydrogens (primary N) is 1. The second-order valence-electron chi connectivity index (χ2n) is 6.14. The molecule has 9 heteroatoms. The van der Waals surface area contributed by atoms with E-state index in [2.05, 4.69) is 25.9 Å². The van der Waals surface area contributed by atoms with Crippen molar-refractivity contribution >= 4 is 37.0 Å². The van der Waals surface area contributed by atoms with Crippen molar-refractivity contribution in [1.29, 1.82) is 0 Å². The minimum absolute atomic E-state index is 0.00734. The molecule has 26 heavy (non-hydrogen) atoms. The second-order valence-corrected chi connectivity index (χ2v) is 9.04. The molecule has 0 fully saturated rings. The van der Waals surface area contributed by atoms with E-state index in [1.165, 1.54) is 13.0 Å². The monoisotopic (exact) mass is 443 g/mol. The van der Waals surface area contributed by atoms with Gasteiger partial charge in [-0.1, -0.05) is 6.07 Å². The van der Waals surface area contributed by atoms with Gasteiger partial charge in [-0.3, -0.25) is 0 Å². The molecule has 3 N–H and O–H groups in total. The molecular formula is C17H16BrF2N3O2S. The van der Waals surface area contributed by atoms with Gasteiger partial charge in [-0.15, -0.1) is 0 Å². The van der Waals surface area contributed by atoms with Crippen molar-refractivity contribution in [1.82, 2.24) is 9.97 Å². The second kappa shape index (κ2) is 7.05. The number of hydrogen-bond acceptors (Lipinski definition) is 3. The fourth-order valence-corrected chi connectivity index (χ4v) is 3.50. The standard InChI is InChI=1S/C17H16BrF2N3O2S/c1-9(26(21,24)25)4-10-2-3-15(19)14(16(10)20)5-11-7-22-17-13(11)6-12(18)8-23-17/h2-3,6-9H,4-5H2,1H3,(H,22,23)(H2,21,24,25). The van der Waals surface area contributed by atoms with Crippen LogP contribution in [-0.2, 0) is 22.9 Å². The number of rotatable bonds is 5. The summed E-state index contributed by atoms with van der Waals surface area (Å²) in [4.78, 5) is 7.17. The van der Waals surface area contributed by atoms with Gasteiger partial charge in [-0.05, 0) is 52.5 Å². The van der Waals surface area contributed by atoms with Crippen LogP contribution >= 0.6 is 15.9 Å². The Balaban J connectivity index is 1.99. The highest BCUT2D eigenvalue weighted by atomic mass is 79.9. The highest BCUT2D eigenvalue weighted by molar-refractivity contribution is 9.10. The SMILES string of the molecule is CC(Cc1ccc(F)c(Cc2c[nH]c3ncc(Br)cc23)c1F)S(N)(=O)=O. The molecule has 0 bridgehead atoms. The largest absolute Gasteiger partial charge is 0.346 e. The number of aromatic nitrogens is 2. The summed E-state index contributed by atoms with van der Waals surface area (Å²) >= 11 is 3.33. The van der Waals surface area contributed by atoms with Crippen molar-refractivity contribution in [3.05, 3.63) is 63.4 Å². The number of nitrogens with one attached hydrogen (secondary N) is 1. The summed E-state index contributed by atoms with van der Waals surface area (Å²) in [5.74, 6) is -1.44. The first-order chi connectivity index (χ1) is 12.2. The zero-order chi connectivity index (χ0) is 19.1. The van der Waals surface area contributed by atoms with Crippen LogP contribution in [0.5, 0.6) is 0 Å². The molecule has 0 aliphatic rings. The van der Waals surface area contributed by atoms with Crippen molar-refractivity contribution < 1.29 is 17.2 Å². The van der Waals surface area contributed by atoms with Crippen molar-refractivity contribution in [2.45, 2.75) is 25.0 Å². The molecule has 0 aliphatic carbocycles. The maximum absolute atomic E-state index is 14.8. The number of fused-ring (bicyclic) bond motifs is 1. The summed E-state index contributed by atoms with van der Waals surface area (Å²) in [6.45, 7) is 1.39. The van der Waals surface area contributed by atoms with Gasteiger partial charge in [0.2, 0.25) is 10.0 Å². The molecular weight excluding hydrogens is 428 g/mol. The van der Waals surface area contributed by atoms with E-state index in [0.717, 1.165) is 15.9 Å². The smallest absolute Gasteiger partial charge is 0.212 e. The zero-order valence-corrected chi connectivity index (χ0v) is 16.2. The van der Waals surface area contributed by atoms with Gasteiger partial charge in [-0.2, -0.15) is 0 Å². The van der Waals surface area contributed by atoms with Crippen molar-refractivity contribution in [2.24, 2.45) is 5.14 Å². The van der Waals surface area contributed by atoms with Gasteiger partial charge in [0.15, 0.2) is 0 Å². The average Bonchev–Trinajstić information content (AvgIpc) is 2.95. The molecule has 1 unspecified atom stereocenters. The molecule has 0 saturated heterocycles. The molecule has 5 nitrogen and oxygen atoms in total. The van der Waals surface area contributed by atoms with Crippen LogP contribution in [0.25, 0.3) is 11.0 Å². The fraction of sp³-hybridized carbons (Fsp3) is 0.235. The number of pyridine rings is 1. The summed E-state index contributed by atoms with van der Waals surface area (Å²) < 4.78 is 52.6. The Morgan fingerprint density at radius 3 is 2.73 bits per heavy atom. The lowest BCUT2D eigenvalue weighted by molar-refractivity contribution is 0.547. The minimum atomic E-state index is -3.80. The minimum Gasteiger partial charge on any atom is -0.346 e. The van der Waals surface area contributed by atoms with Crippen LogP contribution in [0.2, 0.25) is 0 Å². The molecule has 138 valence electrons. The highest BCUT2D eigenvalue weighted by Gasteiger charge is 2.21. The number of aromatic amines is 1. The molecule has 0 amide bonds. The van der Waals surface area contributed by atoms with E-state index in [0.29, 0.717) is 11.2 Å². The highest BCUT2D eigenvalue weighted by Crippen LogP contribution is 2.26. The van der Waals surface area contributed by atoms with E-state index >= 15 is 0 Å². The number of sulfonamides is 1. The van der Waals surface area contributed by atoms with Gasteiger partial charge in [-0.25, -0.2) is 27.3 Å². The van der Waals surface area contributed by atoms with Crippen LogP contribution in [0.3, 0.4) is 0 Å². The van der Waals surface area contributed by atoms with Gasteiger partial charge in [0, 0.05) is 34.2 Å². The fourth-order valence-electron chi connectivity index (χ4n) is 2.76. The molecule has 3 rings (SSSR count). The summed E-state index contributed by atoms with van der Waals surface area (Å²) in [6, 6.07) is 4.22. The van der Waals surface area contributed by atoms with Crippen molar-refractivity contribution in [3.63, 3.8) is 0 Å². The van der Waals surface area contributed by atoms with Crippen molar-refractivity contribution in [2.75, 3.05) is 0 Å². The van der Waals surface area contributed by atoms with E-state index < -0.39 is 26.9 Å². The number of primary sulfonamides is 1. The number of benzene rings is 1. The van der Waals surface area contributed by atoms with Crippen LogP contribution in [0.4, 0.5) is 8.78 Å². The van der Waals surface area contributed by atoms with Gasteiger partial charge in [0.05, 0.1) is 5.25 Å². The van der Waals surface area contributed by atoms with E-state index in [-0.39, 0.29) is 24.0 Å². The normalized spacial score (nSPS) is 13.3. The van der Waals surface area contributed by atoms with Crippen molar-refractivity contribution in [3.8, 4) is 0 Å². The van der Waals surface area contributed by atoms with Crippen LogP contribution in [0.1, 0.15) is 23.6 Å². The van der Waals surface area contributed by atoms with Gasteiger partial charge in [0.25, 0.3) is 0 Å². The molecule has 2 heterocycles. The molecule has 1 aromatic carbocycles. The number of nitrogens with zero attached hydrogens (tertiary/aromatic N) is 1. The molecule has 0 saturated carbocycles. The lowest BCUT2D eigenvalue weighted by Gasteiger charge is -2.13. The Labute approximate surface area is 157 Å². The van der Waals surface area contributed by atoms with E-state index in [1.54, 1.807) is 12.4 Å². The molecule has 3 aromatic rings. The van der Waals surface area contributed by atoms with E-state index in [1.807, 2.05) is 6.07 Å². The first kappa shape index (κ1) is 18.9. The third-order valence-electron chi connectivity index (χ3n) is 4.28. The molecule has 0 radical (unpaired) electrons. The maximum atomic E-state index is 14.8. The van der Waals surface area contributed by atoms with Crippen LogP contribution < -0.4 is 5.14 Å². The van der Waals surface area contributed by atoms with E-state index in [9.17, 15) is 17.2 Å². The summed E-state index contributed by atoms with van der Waals surface area (Å²) in [5.41, 5.74) is 1.29. The Bertz CT molecular complexity index is 1080. The van der Waals surface area contributed by atoms with E-state index in [4.69, 9.17) is 5.14 Å². The average molecular weight is 444 g/mol.